The predicted molar refractivity (Wildman–Crippen MR) is 126 cm³/mol. The largest absolute Gasteiger partial charge is 0.417 e. The van der Waals surface area contributed by atoms with Crippen LogP contribution in [0.1, 0.15) is 23.2 Å². The SMILES string of the molecule is FC(F)c1cccnc1-c1ccc2c(Nc3ccc(C(F)(F)F)cn3)cc(CN3CCOCC3)nc2n1. The Morgan fingerprint density at radius 3 is 2.51 bits per heavy atom. The lowest BCUT2D eigenvalue weighted by Gasteiger charge is -2.26. The van der Waals surface area contributed by atoms with Crippen molar-refractivity contribution in [2.75, 3.05) is 31.6 Å². The Morgan fingerprint density at radius 1 is 1.00 bits per heavy atom. The summed E-state index contributed by atoms with van der Waals surface area (Å²) in [5.41, 5.74) is 0.631. The number of hydrogen-bond donors (Lipinski definition) is 1. The van der Waals surface area contributed by atoms with E-state index in [0.29, 0.717) is 49.6 Å². The van der Waals surface area contributed by atoms with Crippen LogP contribution in [-0.2, 0) is 17.5 Å². The summed E-state index contributed by atoms with van der Waals surface area (Å²) >= 11 is 0. The van der Waals surface area contributed by atoms with Crippen molar-refractivity contribution in [2.24, 2.45) is 0 Å². The molecule has 0 spiro atoms. The van der Waals surface area contributed by atoms with Crippen LogP contribution in [-0.4, -0.2) is 51.1 Å². The second kappa shape index (κ2) is 10.3. The van der Waals surface area contributed by atoms with Gasteiger partial charge in [0.25, 0.3) is 6.43 Å². The van der Waals surface area contributed by atoms with Gasteiger partial charge in [0.1, 0.15) is 5.82 Å². The number of alkyl halides is 5. The molecule has 12 heteroatoms. The van der Waals surface area contributed by atoms with Crippen LogP contribution in [0.2, 0.25) is 0 Å². The molecule has 5 heterocycles. The zero-order chi connectivity index (χ0) is 26.0. The molecule has 1 aliphatic heterocycles. The van der Waals surface area contributed by atoms with Crippen LogP contribution < -0.4 is 5.32 Å². The third-order valence-corrected chi connectivity index (χ3v) is 5.89. The maximum Gasteiger partial charge on any atom is 0.417 e. The summed E-state index contributed by atoms with van der Waals surface area (Å²) in [5, 5.41) is 3.60. The lowest BCUT2D eigenvalue weighted by Crippen LogP contribution is -2.35. The van der Waals surface area contributed by atoms with Gasteiger partial charge in [-0.15, -0.1) is 0 Å². The highest BCUT2D eigenvalue weighted by molar-refractivity contribution is 5.92. The van der Waals surface area contributed by atoms with Gasteiger partial charge in [-0.3, -0.25) is 9.88 Å². The van der Waals surface area contributed by atoms with Crippen LogP contribution in [0.5, 0.6) is 0 Å². The topological polar surface area (TPSA) is 76.1 Å². The summed E-state index contributed by atoms with van der Waals surface area (Å²) in [6.07, 6.45) is -5.06. The van der Waals surface area contributed by atoms with Crippen LogP contribution in [0.15, 0.2) is 54.9 Å². The highest BCUT2D eigenvalue weighted by atomic mass is 19.4. The normalized spacial score (nSPS) is 14.9. The number of morpholine rings is 1. The molecule has 0 radical (unpaired) electrons. The lowest BCUT2D eigenvalue weighted by atomic mass is 10.1. The van der Waals surface area contributed by atoms with Crippen molar-refractivity contribution < 1.29 is 26.7 Å². The molecule has 0 unspecified atom stereocenters. The number of halogens is 5. The molecule has 7 nitrogen and oxygen atoms in total. The fraction of sp³-hybridized carbons (Fsp3) is 0.280. The summed E-state index contributed by atoms with van der Waals surface area (Å²) in [6, 6.07) is 9.92. The first-order valence-electron chi connectivity index (χ1n) is 11.4. The molecule has 1 aliphatic rings. The van der Waals surface area contributed by atoms with Crippen LogP contribution >= 0.6 is 0 Å². The first-order chi connectivity index (χ1) is 17.8. The van der Waals surface area contributed by atoms with Crippen LogP contribution in [0.4, 0.5) is 33.5 Å². The van der Waals surface area contributed by atoms with E-state index < -0.39 is 18.2 Å². The Hall–Kier alpha value is -3.77. The van der Waals surface area contributed by atoms with E-state index in [4.69, 9.17) is 4.74 Å². The number of rotatable bonds is 6. The van der Waals surface area contributed by atoms with Gasteiger partial charge in [0.2, 0.25) is 0 Å². The Morgan fingerprint density at radius 2 is 1.81 bits per heavy atom. The summed E-state index contributed by atoms with van der Waals surface area (Å²) in [7, 11) is 0. The third kappa shape index (κ3) is 5.65. The third-order valence-electron chi connectivity index (χ3n) is 5.89. The summed E-state index contributed by atoms with van der Waals surface area (Å²) in [5.74, 6) is 0.201. The molecule has 0 amide bonds. The van der Waals surface area contributed by atoms with E-state index in [9.17, 15) is 22.0 Å². The van der Waals surface area contributed by atoms with Crippen molar-refractivity contribution in [2.45, 2.75) is 19.1 Å². The van der Waals surface area contributed by atoms with Gasteiger partial charge in [-0.05, 0) is 42.5 Å². The highest BCUT2D eigenvalue weighted by Gasteiger charge is 2.30. The number of ether oxygens (including phenoxy) is 1. The van der Waals surface area contributed by atoms with Gasteiger partial charge < -0.3 is 10.1 Å². The average molecular weight is 516 g/mol. The molecule has 0 atom stereocenters. The molecular formula is C25H21F5N6O. The number of nitrogens with zero attached hydrogens (tertiary/aromatic N) is 5. The quantitative estimate of drug-likeness (QED) is 0.334. The molecule has 192 valence electrons. The minimum atomic E-state index is -4.50. The molecule has 1 saturated heterocycles. The summed E-state index contributed by atoms with van der Waals surface area (Å²) in [4.78, 5) is 19.3. The molecule has 0 aromatic carbocycles. The van der Waals surface area contributed by atoms with Crippen molar-refractivity contribution in [3.63, 3.8) is 0 Å². The van der Waals surface area contributed by atoms with Gasteiger partial charge in [-0.2, -0.15) is 13.2 Å². The minimum Gasteiger partial charge on any atom is -0.379 e. The van der Waals surface area contributed by atoms with Crippen molar-refractivity contribution in [3.05, 3.63) is 71.7 Å². The van der Waals surface area contributed by atoms with E-state index in [1.54, 1.807) is 18.2 Å². The maximum atomic E-state index is 13.6. The Balaban J connectivity index is 1.55. The number of aromatic nitrogens is 4. The van der Waals surface area contributed by atoms with Crippen LogP contribution in [0, 0.1) is 0 Å². The Bertz CT molecular complexity index is 1390. The van der Waals surface area contributed by atoms with Crippen molar-refractivity contribution >= 4 is 22.5 Å². The Kier molecular flexibility index (Phi) is 6.94. The molecule has 37 heavy (non-hydrogen) atoms. The molecule has 4 aromatic rings. The smallest absolute Gasteiger partial charge is 0.379 e. The number of hydrogen-bond acceptors (Lipinski definition) is 7. The molecule has 1 N–H and O–H groups in total. The summed E-state index contributed by atoms with van der Waals surface area (Å²) < 4.78 is 71.4. The van der Waals surface area contributed by atoms with Crippen molar-refractivity contribution in [1.82, 2.24) is 24.8 Å². The average Bonchev–Trinajstić information content (AvgIpc) is 2.89. The van der Waals surface area contributed by atoms with E-state index in [-0.39, 0.29) is 28.4 Å². The monoisotopic (exact) mass is 516 g/mol. The van der Waals surface area contributed by atoms with Crippen molar-refractivity contribution in [3.8, 4) is 11.4 Å². The van der Waals surface area contributed by atoms with Gasteiger partial charge in [-0.1, -0.05) is 0 Å². The zero-order valence-electron chi connectivity index (χ0n) is 19.3. The van der Waals surface area contributed by atoms with E-state index in [1.165, 1.54) is 24.4 Å². The highest BCUT2D eigenvalue weighted by Crippen LogP contribution is 2.33. The predicted octanol–water partition coefficient (Wildman–Crippen LogP) is 5.62. The molecule has 4 aromatic heterocycles. The minimum absolute atomic E-state index is 0.0543. The maximum absolute atomic E-state index is 13.6. The first-order valence-corrected chi connectivity index (χ1v) is 11.4. The molecule has 0 bridgehead atoms. The van der Waals surface area contributed by atoms with E-state index in [0.717, 1.165) is 12.3 Å². The number of pyridine rings is 4. The van der Waals surface area contributed by atoms with E-state index in [1.807, 2.05) is 0 Å². The second-order valence-corrected chi connectivity index (χ2v) is 8.41. The molecular weight excluding hydrogens is 495 g/mol. The Labute approximate surface area is 208 Å². The fourth-order valence-electron chi connectivity index (χ4n) is 4.04. The van der Waals surface area contributed by atoms with Gasteiger partial charge in [0.15, 0.2) is 5.65 Å². The number of anilines is 2. The first kappa shape index (κ1) is 24.9. The van der Waals surface area contributed by atoms with Gasteiger partial charge in [0.05, 0.1) is 41.5 Å². The van der Waals surface area contributed by atoms with Crippen molar-refractivity contribution in [1.29, 1.82) is 0 Å². The van der Waals surface area contributed by atoms with Gasteiger partial charge in [-0.25, -0.2) is 23.7 Å². The standard InChI is InChI=1S/C25H21F5N6O/c26-23(27)18-2-1-7-31-22(18)19-5-4-17-20(34-21-6-3-15(13-32-21)25(28,29)30)12-16(33-24(17)35-19)14-36-8-10-37-11-9-36/h1-7,12-13,23H,8-11,14H2,(H,32,33,34,35). The van der Waals surface area contributed by atoms with E-state index in [2.05, 4.69) is 30.2 Å². The van der Waals surface area contributed by atoms with E-state index >= 15 is 0 Å². The van der Waals surface area contributed by atoms with Gasteiger partial charge >= 0.3 is 6.18 Å². The zero-order valence-corrected chi connectivity index (χ0v) is 19.3. The lowest BCUT2D eigenvalue weighted by molar-refractivity contribution is -0.137. The number of fused-ring (bicyclic) bond motifs is 1. The fourth-order valence-corrected chi connectivity index (χ4v) is 4.04. The molecule has 0 saturated carbocycles. The number of nitrogens with one attached hydrogen (secondary N) is 1. The second-order valence-electron chi connectivity index (χ2n) is 8.41. The van der Waals surface area contributed by atoms with Crippen LogP contribution in [0.25, 0.3) is 22.4 Å². The molecule has 5 rings (SSSR count). The van der Waals surface area contributed by atoms with Gasteiger partial charge in [0, 0.05) is 43.0 Å². The molecule has 0 aliphatic carbocycles. The molecule has 1 fully saturated rings. The summed E-state index contributed by atoms with van der Waals surface area (Å²) in [6.45, 7) is 3.08. The van der Waals surface area contributed by atoms with Crippen LogP contribution in [0.3, 0.4) is 0 Å².